The fourth-order valence-corrected chi connectivity index (χ4v) is 1.55. The van der Waals surface area contributed by atoms with E-state index in [-0.39, 0.29) is 17.0 Å². The first kappa shape index (κ1) is 12.7. The number of ketones is 2. The number of nitrogens with zero attached hydrogens (tertiary/aromatic N) is 1. The maximum Gasteiger partial charge on any atom is 0.260 e. The zero-order valence-electron chi connectivity index (χ0n) is 10.0. The van der Waals surface area contributed by atoms with Crippen LogP contribution in [0, 0.1) is 0 Å². The van der Waals surface area contributed by atoms with Crippen LogP contribution in [-0.2, 0) is 9.59 Å². The summed E-state index contributed by atoms with van der Waals surface area (Å²) in [6.07, 6.45) is 3.55. The third-order valence-electron chi connectivity index (χ3n) is 2.54. The minimum atomic E-state index is -0.745. The second kappa shape index (κ2) is 4.85. The number of hydrogen-bond donors (Lipinski definition) is 2. The SMILES string of the molecule is CC(=O)C(=O)C=Cc1c(O)c2cccnc2[nH]c1=O. The van der Waals surface area contributed by atoms with Crippen molar-refractivity contribution in [1.29, 1.82) is 0 Å². The average molecular weight is 258 g/mol. The third kappa shape index (κ3) is 2.42. The number of Topliss-reactive ketones (excluding diaryl/α,β-unsaturated/α-hetero) is 1. The lowest BCUT2D eigenvalue weighted by Crippen LogP contribution is -2.11. The first-order valence-electron chi connectivity index (χ1n) is 5.43. The van der Waals surface area contributed by atoms with Crippen LogP contribution in [0.1, 0.15) is 12.5 Å². The molecule has 6 nitrogen and oxygen atoms in total. The van der Waals surface area contributed by atoms with Gasteiger partial charge in [-0.25, -0.2) is 4.98 Å². The first-order valence-corrected chi connectivity index (χ1v) is 5.43. The molecule has 0 bridgehead atoms. The molecule has 0 radical (unpaired) electrons. The molecule has 2 N–H and O–H groups in total. The Balaban J connectivity index is 2.58. The highest BCUT2D eigenvalue weighted by Gasteiger charge is 2.10. The van der Waals surface area contributed by atoms with Crippen LogP contribution >= 0.6 is 0 Å². The summed E-state index contributed by atoms with van der Waals surface area (Å²) in [7, 11) is 0. The van der Waals surface area contributed by atoms with Gasteiger partial charge in [0.05, 0.1) is 10.9 Å². The number of H-pyrrole nitrogens is 1. The number of aromatic nitrogens is 2. The van der Waals surface area contributed by atoms with E-state index in [0.29, 0.717) is 5.39 Å². The molecular weight excluding hydrogens is 248 g/mol. The van der Waals surface area contributed by atoms with Gasteiger partial charge in [0.15, 0.2) is 5.78 Å². The van der Waals surface area contributed by atoms with E-state index in [2.05, 4.69) is 9.97 Å². The lowest BCUT2D eigenvalue weighted by Gasteiger charge is -2.02. The zero-order chi connectivity index (χ0) is 14.0. The van der Waals surface area contributed by atoms with Crippen LogP contribution in [0.4, 0.5) is 0 Å². The largest absolute Gasteiger partial charge is 0.506 e. The summed E-state index contributed by atoms with van der Waals surface area (Å²) in [6, 6.07) is 3.19. The highest BCUT2D eigenvalue weighted by atomic mass is 16.3. The average Bonchev–Trinajstić information content (AvgIpc) is 2.38. The van der Waals surface area contributed by atoms with Gasteiger partial charge in [-0.15, -0.1) is 0 Å². The molecule has 96 valence electrons. The maximum atomic E-state index is 11.7. The van der Waals surface area contributed by atoms with E-state index in [4.69, 9.17) is 0 Å². The van der Waals surface area contributed by atoms with Crippen LogP contribution in [-0.4, -0.2) is 26.6 Å². The number of carbonyl (C=O) groups is 2. The van der Waals surface area contributed by atoms with E-state index < -0.39 is 17.1 Å². The molecular formula is C13H10N2O4. The molecule has 2 rings (SSSR count). The van der Waals surface area contributed by atoms with Gasteiger partial charge in [-0.3, -0.25) is 14.4 Å². The minimum absolute atomic E-state index is 0.0879. The summed E-state index contributed by atoms with van der Waals surface area (Å²) in [5, 5.41) is 10.3. The van der Waals surface area contributed by atoms with Crippen LogP contribution in [0.25, 0.3) is 17.1 Å². The van der Waals surface area contributed by atoms with Crippen LogP contribution in [0.5, 0.6) is 5.75 Å². The summed E-state index contributed by atoms with van der Waals surface area (Å²) in [5.74, 6) is -1.67. The second-order valence-electron chi connectivity index (χ2n) is 3.87. The quantitative estimate of drug-likeness (QED) is 0.626. The van der Waals surface area contributed by atoms with Gasteiger partial charge in [0.1, 0.15) is 11.4 Å². The number of allylic oxidation sites excluding steroid dienone is 1. The monoisotopic (exact) mass is 258 g/mol. The lowest BCUT2D eigenvalue weighted by molar-refractivity contribution is -0.132. The van der Waals surface area contributed by atoms with Crippen LogP contribution in [0.15, 0.2) is 29.2 Å². The maximum absolute atomic E-state index is 11.7. The molecule has 0 aliphatic carbocycles. The summed E-state index contributed by atoms with van der Waals surface area (Å²) in [5.41, 5.74) is -0.425. The van der Waals surface area contributed by atoms with Crippen molar-refractivity contribution in [3.8, 4) is 5.75 Å². The Morgan fingerprint density at radius 3 is 2.84 bits per heavy atom. The predicted octanol–water partition coefficient (Wildman–Crippen LogP) is 0.800. The number of pyridine rings is 2. The molecule has 0 unspecified atom stereocenters. The number of aromatic amines is 1. The van der Waals surface area contributed by atoms with E-state index in [1.165, 1.54) is 6.20 Å². The van der Waals surface area contributed by atoms with Gasteiger partial charge in [-0.1, -0.05) is 0 Å². The van der Waals surface area contributed by atoms with E-state index in [1.807, 2.05) is 0 Å². The smallest absolute Gasteiger partial charge is 0.260 e. The van der Waals surface area contributed by atoms with Crippen molar-refractivity contribution < 1.29 is 14.7 Å². The molecule has 0 amide bonds. The molecule has 0 saturated carbocycles. The highest BCUT2D eigenvalue weighted by molar-refractivity contribution is 6.41. The van der Waals surface area contributed by atoms with Crippen LogP contribution < -0.4 is 5.56 Å². The Morgan fingerprint density at radius 2 is 2.16 bits per heavy atom. The van der Waals surface area contributed by atoms with Crippen molar-refractivity contribution >= 4 is 28.7 Å². The van der Waals surface area contributed by atoms with Gasteiger partial charge in [-0.05, 0) is 24.3 Å². The number of carbonyl (C=O) groups excluding carboxylic acids is 2. The summed E-state index contributed by atoms with van der Waals surface area (Å²) >= 11 is 0. The topological polar surface area (TPSA) is 100 Å². The van der Waals surface area contributed by atoms with Crippen molar-refractivity contribution in [3.63, 3.8) is 0 Å². The number of hydrogen-bond acceptors (Lipinski definition) is 5. The molecule has 2 aromatic heterocycles. The second-order valence-corrected chi connectivity index (χ2v) is 3.87. The van der Waals surface area contributed by atoms with Gasteiger partial charge in [0.2, 0.25) is 5.78 Å². The molecule has 6 heteroatoms. The summed E-state index contributed by atoms with van der Waals surface area (Å²) in [6.45, 7) is 1.13. The highest BCUT2D eigenvalue weighted by Crippen LogP contribution is 2.23. The van der Waals surface area contributed by atoms with Gasteiger partial charge < -0.3 is 10.1 Å². The molecule has 0 saturated heterocycles. The Kier molecular flexibility index (Phi) is 3.24. The van der Waals surface area contributed by atoms with E-state index >= 15 is 0 Å². The number of aromatic hydroxyl groups is 1. The fraction of sp³-hybridized carbons (Fsp3) is 0.0769. The molecule has 2 heterocycles. The molecule has 0 aliphatic heterocycles. The van der Waals surface area contributed by atoms with Crippen LogP contribution in [0.2, 0.25) is 0 Å². The molecule has 0 spiro atoms. The Labute approximate surface area is 107 Å². The molecule has 19 heavy (non-hydrogen) atoms. The molecule has 2 aromatic rings. The van der Waals surface area contributed by atoms with Crippen LogP contribution in [0.3, 0.4) is 0 Å². The Hall–Kier alpha value is -2.76. The van der Waals surface area contributed by atoms with Crippen molar-refractivity contribution in [2.24, 2.45) is 0 Å². The normalized spacial score (nSPS) is 11.0. The molecule has 0 fully saturated rings. The van der Waals surface area contributed by atoms with Gasteiger partial charge in [-0.2, -0.15) is 0 Å². The number of nitrogens with one attached hydrogen (secondary N) is 1. The Morgan fingerprint density at radius 1 is 1.42 bits per heavy atom. The lowest BCUT2D eigenvalue weighted by atomic mass is 10.1. The van der Waals surface area contributed by atoms with Crippen molar-refractivity contribution in [3.05, 3.63) is 40.3 Å². The van der Waals surface area contributed by atoms with Crippen molar-refractivity contribution in [1.82, 2.24) is 9.97 Å². The minimum Gasteiger partial charge on any atom is -0.506 e. The van der Waals surface area contributed by atoms with E-state index in [0.717, 1.165) is 19.1 Å². The van der Waals surface area contributed by atoms with E-state index in [1.54, 1.807) is 12.1 Å². The summed E-state index contributed by atoms with van der Waals surface area (Å²) < 4.78 is 0. The third-order valence-corrected chi connectivity index (χ3v) is 2.54. The van der Waals surface area contributed by atoms with Gasteiger partial charge in [0.25, 0.3) is 5.56 Å². The van der Waals surface area contributed by atoms with E-state index in [9.17, 15) is 19.5 Å². The Bertz CT molecular complexity index is 759. The van der Waals surface area contributed by atoms with Gasteiger partial charge >= 0.3 is 0 Å². The number of fused-ring (bicyclic) bond motifs is 1. The first-order chi connectivity index (χ1) is 9.00. The molecule has 0 aromatic carbocycles. The van der Waals surface area contributed by atoms with Crippen molar-refractivity contribution in [2.45, 2.75) is 6.92 Å². The predicted molar refractivity (Wildman–Crippen MR) is 68.8 cm³/mol. The van der Waals surface area contributed by atoms with Gasteiger partial charge in [0, 0.05) is 13.1 Å². The molecule has 0 atom stereocenters. The fourth-order valence-electron chi connectivity index (χ4n) is 1.55. The number of rotatable bonds is 3. The standard InChI is InChI=1S/C13H10N2O4/c1-7(16)10(17)5-4-9-11(18)8-3-2-6-14-12(8)15-13(9)19/h2-6H,1H3,(H2,14,15,18,19). The zero-order valence-corrected chi connectivity index (χ0v) is 10.0. The summed E-state index contributed by atoms with van der Waals surface area (Å²) in [4.78, 5) is 40.1. The molecule has 0 aliphatic rings. The van der Waals surface area contributed by atoms with Crippen molar-refractivity contribution in [2.75, 3.05) is 0 Å².